The Morgan fingerprint density at radius 3 is 2.51 bits per heavy atom. The van der Waals surface area contributed by atoms with Crippen LogP contribution < -0.4 is 5.32 Å². The van der Waals surface area contributed by atoms with Gasteiger partial charge in [0.2, 0.25) is 0 Å². The number of anilines is 1. The molecular weight excluding hydrogens is 550 g/mol. The number of alkyl halides is 3. The van der Waals surface area contributed by atoms with Crippen LogP contribution in [-0.2, 0) is 31.7 Å². The average Bonchev–Trinajstić information content (AvgIpc) is 3.26. The van der Waals surface area contributed by atoms with Gasteiger partial charge in [-0.1, -0.05) is 6.07 Å². The number of nitrogens with one attached hydrogen (secondary N) is 1. The molecule has 4 atom stereocenters. The van der Waals surface area contributed by atoms with Crippen molar-refractivity contribution >= 4 is 11.8 Å². The van der Waals surface area contributed by atoms with Crippen LogP contribution in [0, 0.1) is 5.82 Å². The second-order valence-corrected chi connectivity index (χ2v) is 10.9. The summed E-state index contributed by atoms with van der Waals surface area (Å²) in [6, 6.07) is 4.05. The molecule has 3 fully saturated rings. The van der Waals surface area contributed by atoms with Gasteiger partial charge in [-0.05, 0) is 31.5 Å². The van der Waals surface area contributed by atoms with Crippen LogP contribution in [-0.4, -0.2) is 102 Å². The van der Waals surface area contributed by atoms with Gasteiger partial charge in [-0.2, -0.15) is 13.2 Å². The number of carbonyl (C=O) groups excluding carboxylic acids is 1. The molecule has 41 heavy (non-hydrogen) atoms. The molecule has 1 aromatic heterocycles. The maximum atomic E-state index is 14.3. The van der Waals surface area contributed by atoms with Crippen molar-refractivity contribution in [3.63, 3.8) is 0 Å². The highest BCUT2D eigenvalue weighted by molar-refractivity contribution is 5.89. The second-order valence-electron chi connectivity index (χ2n) is 10.9. The number of rotatable bonds is 7. The lowest BCUT2D eigenvalue weighted by molar-refractivity contribution is -0.156. The normalized spacial score (nSPS) is 26.9. The largest absolute Gasteiger partial charge is 0.465 e. The summed E-state index contributed by atoms with van der Waals surface area (Å²) in [6.07, 6.45) is -3.91. The Kier molecular flexibility index (Phi) is 8.48. The van der Waals surface area contributed by atoms with Gasteiger partial charge in [-0.25, -0.2) is 14.2 Å². The van der Waals surface area contributed by atoms with Gasteiger partial charge < -0.3 is 24.3 Å². The Labute approximate surface area is 234 Å². The number of fused-ring (bicyclic) bond motifs is 1. The zero-order valence-electron chi connectivity index (χ0n) is 23.0. The summed E-state index contributed by atoms with van der Waals surface area (Å²) in [5.74, 6) is -2.22. The predicted molar refractivity (Wildman–Crippen MR) is 137 cm³/mol. The highest BCUT2D eigenvalue weighted by Gasteiger charge is 2.52. The Hall–Kier alpha value is -2.91. The smallest absolute Gasteiger partial charge is 0.434 e. The summed E-state index contributed by atoms with van der Waals surface area (Å²) in [5.41, 5.74) is -0.404. The van der Waals surface area contributed by atoms with E-state index in [1.54, 1.807) is 19.9 Å². The number of hydrogen-bond acceptors (Lipinski definition) is 10. The minimum absolute atomic E-state index is 0.0186. The van der Waals surface area contributed by atoms with Gasteiger partial charge in [0.05, 0.1) is 43.8 Å². The van der Waals surface area contributed by atoms with E-state index in [-0.39, 0.29) is 24.1 Å². The van der Waals surface area contributed by atoms with E-state index in [0.29, 0.717) is 19.3 Å². The molecule has 0 bridgehead atoms. The maximum Gasteiger partial charge on any atom is 0.434 e. The minimum Gasteiger partial charge on any atom is -0.465 e. The molecule has 0 saturated carbocycles. The first-order valence-corrected chi connectivity index (χ1v) is 13.4. The number of nitrogens with zero attached hydrogens (tertiary/aromatic N) is 4. The molecule has 0 amide bonds. The molecule has 5 rings (SSSR count). The molecule has 3 aliphatic rings. The molecule has 224 valence electrons. The third kappa shape index (κ3) is 6.95. The van der Waals surface area contributed by atoms with E-state index in [9.17, 15) is 22.4 Å². The molecule has 0 spiro atoms. The molecule has 2 aromatic rings. The first-order valence-electron chi connectivity index (χ1n) is 13.4. The molecule has 1 aromatic carbocycles. The van der Waals surface area contributed by atoms with Crippen LogP contribution in [0.3, 0.4) is 0 Å². The van der Waals surface area contributed by atoms with Gasteiger partial charge in [0, 0.05) is 39.3 Å². The molecule has 1 N–H and O–H groups in total. The number of esters is 1. The number of hydrogen-bond donors (Lipinski definition) is 1. The standard InChI is InChI=1S/C27H33F4N5O5/c1-26(2)40-23-19(33-22-12-32-11-21(34-22)27(29,30)31)15-39-20(24(23)41-26)14-36-8-6-35(7-9-36)13-16-4-5-17(18(28)10-16)25(37)38-3/h4-5,10-12,19-20,23-24H,6-9,13-15H2,1-3H3,(H,33,34)/t19-,20+,23+,24-/m0/s1. The van der Waals surface area contributed by atoms with Gasteiger partial charge >= 0.3 is 12.1 Å². The molecular formula is C27H33F4N5O5. The zero-order valence-corrected chi connectivity index (χ0v) is 23.0. The van der Waals surface area contributed by atoms with Gasteiger partial charge in [-0.15, -0.1) is 0 Å². The van der Waals surface area contributed by atoms with Gasteiger partial charge in [0.1, 0.15) is 23.8 Å². The number of piperazine rings is 1. The summed E-state index contributed by atoms with van der Waals surface area (Å²) in [7, 11) is 1.21. The van der Waals surface area contributed by atoms with E-state index in [1.165, 1.54) is 25.4 Å². The van der Waals surface area contributed by atoms with Crippen LogP contribution in [0.15, 0.2) is 30.6 Å². The summed E-state index contributed by atoms with van der Waals surface area (Å²) in [5, 5.41) is 3.00. The van der Waals surface area contributed by atoms with Gasteiger partial charge in [0.15, 0.2) is 11.5 Å². The monoisotopic (exact) mass is 583 g/mol. The predicted octanol–water partition coefficient (Wildman–Crippen LogP) is 2.94. The molecule has 0 unspecified atom stereocenters. The van der Waals surface area contributed by atoms with E-state index in [0.717, 1.165) is 31.7 Å². The fourth-order valence-electron chi connectivity index (χ4n) is 5.45. The maximum absolute atomic E-state index is 14.3. The van der Waals surface area contributed by atoms with Crippen LogP contribution >= 0.6 is 0 Å². The fourth-order valence-corrected chi connectivity index (χ4v) is 5.45. The van der Waals surface area contributed by atoms with E-state index in [2.05, 4.69) is 29.8 Å². The van der Waals surface area contributed by atoms with E-state index < -0.39 is 47.7 Å². The fraction of sp³-hybridized carbons (Fsp3) is 0.593. The van der Waals surface area contributed by atoms with E-state index in [4.69, 9.17) is 14.2 Å². The quantitative estimate of drug-likeness (QED) is 0.387. The third-order valence-electron chi connectivity index (χ3n) is 7.42. The Bertz CT molecular complexity index is 1240. The second kappa shape index (κ2) is 11.8. The van der Waals surface area contributed by atoms with Crippen LogP contribution in [0.25, 0.3) is 0 Å². The Morgan fingerprint density at radius 2 is 1.83 bits per heavy atom. The number of carbonyl (C=O) groups is 1. The zero-order chi connectivity index (χ0) is 29.4. The lowest BCUT2D eigenvalue weighted by atomic mass is 9.97. The highest BCUT2D eigenvalue weighted by atomic mass is 19.4. The highest BCUT2D eigenvalue weighted by Crippen LogP contribution is 2.37. The van der Waals surface area contributed by atoms with Crippen LogP contribution in [0.1, 0.15) is 35.5 Å². The molecule has 3 aliphatic heterocycles. The van der Waals surface area contributed by atoms with Crippen molar-refractivity contribution in [2.24, 2.45) is 0 Å². The Balaban J connectivity index is 1.16. The number of halogens is 4. The van der Waals surface area contributed by atoms with Gasteiger partial charge in [0.25, 0.3) is 0 Å². The topological polar surface area (TPSA) is 98.3 Å². The molecule has 10 nitrogen and oxygen atoms in total. The van der Waals surface area contributed by atoms with Crippen LogP contribution in [0.4, 0.5) is 23.4 Å². The van der Waals surface area contributed by atoms with Crippen LogP contribution in [0.2, 0.25) is 0 Å². The third-order valence-corrected chi connectivity index (χ3v) is 7.42. The van der Waals surface area contributed by atoms with Crippen molar-refractivity contribution in [2.75, 3.05) is 51.8 Å². The minimum atomic E-state index is -4.61. The Morgan fingerprint density at radius 1 is 1.12 bits per heavy atom. The summed E-state index contributed by atoms with van der Waals surface area (Å²) < 4.78 is 76.7. The van der Waals surface area contributed by atoms with Crippen molar-refractivity contribution in [2.45, 2.75) is 56.7 Å². The average molecular weight is 584 g/mol. The van der Waals surface area contributed by atoms with Crippen LogP contribution in [0.5, 0.6) is 0 Å². The number of methoxy groups -OCH3 is 1. The molecule has 4 heterocycles. The van der Waals surface area contributed by atoms with Gasteiger partial charge in [-0.3, -0.25) is 14.8 Å². The summed E-state index contributed by atoms with van der Waals surface area (Å²) >= 11 is 0. The van der Waals surface area contributed by atoms with E-state index in [1.807, 2.05) is 0 Å². The number of aromatic nitrogens is 2. The molecule has 0 aliphatic carbocycles. The summed E-state index contributed by atoms with van der Waals surface area (Å²) in [4.78, 5) is 23.4. The van der Waals surface area contributed by atoms with Crippen molar-refractivity contribution in [1.82, 2.24) is 19.8 Å². The van der Waals surface area contributed by atoms with E-state index >= 15 is 0 Å². The number of benzene rings is 1. The molecule has 14 heteroatoms. The number of ether oxygens (including phenoxy) is 4. The first-order chi connectivity index (χ1) is 19.4. The lowest BCUT2D eigenvalue weighted by Gasteiger charge is -2.41. The molecule has 0 radical (unpaired) electrons. The summed E-state index contributed by atoms with van der Waals surface area (Å²) in [6.45, 7) is 7.94. The van der Waals surface area contributed by atoms with Crippen molar-refractivity contribution in [3.8, 4) is 0 Å². The first kappa shape index (κ1) is 29.6. The van der Waals surface area contributed by atoms with Crippen molar-refractivity contribution in [1.29, 1.82) is 0 Å². The lowest BCUT2D eigenvalue weighted by Crippen LogP contribution is -2.58. The molecule has 3 saturated heterocycles. The van der Waals surface area contributed by atoms with Crippen molar-refractivity contribution < 1.29 is 41.3 Å². The van der Waals surface area contributed by atoms with Crippen molar-refractivity contribution in [3.05, 3.63) is 53.2 Å². The SMILES string of the molecule is COC(=O)c1ccc(CN2CCN(C[C@H]3OC[C@H](Nc4cncc(C(F)(F)F)n4)[C@H]4OC(C)(C)O[C@H]43)CC2)cc1F.